The fourth-order valence-electron chi connectivity index (χ4n) is 2.14. The van der Waals surface area contributed by atoms with Gasteiger partial charge in [0, 0.05) is 18.4 Å². The van der Waals surface area contributed by atoms with E-state index < -0.39 is 5.92 Å². The van der Waals surface area contributed by atoms with Gasteiger partial charge in [0.1, 0.15) is 10.7 Å². The molecule has 1 aliphatic carbocycles. The van der Waals surface area contributed by atoms with Gasteiger partial charge in [-0.25, -0.2) is 8.78 Å². The van der Waals surface area contributed by atoms with Gasteiger partial charge in [0.25, 0.3) is 0 Å². The van der Waals surface area contributed by atoms with Crippen molar-refractivity contribution in [2.45, 2.75) is 25.2 Å². The Morgan fingerprint density at radius 3 is 2.89 bits per heavy atom. The Morgan fingerprint density at radius 1 is 1.50 bits per heavy atom. The SMILES string of the molecule is NC(=S)c1cccc(OCC2CCC(F)(F)C2)c1. The van der Waals surface area contributed by atoms with Gasteiger partial charge in [-0.05, 0) is 24.5 Å². The first-order valence-corrected chi connectivity index (χ1v) is 6.28. The molecule has 0 bridgehead atoms. The van der Waals surface area contributed by atoms with Gasteiger partial charge in [-0.3, -0.25) is 0 Å². The third kappa shape index (κ3) is 3.38. The van der Waals surface area contributed by atoms with Crippen molar-refractivity contribution in [1.29, 1.82) is 0 Å². The molecule has 1 aliphatic rings. The molecule has 0 saturated heterocycles. The number of hydrogen-bond donors (Lipinski definition) is 1. The van der Waals surface area contributed by atoms with Crippen LogP contribution in [0.25, 0.3) is 0 Å². The molecule has 2 N–H and O–H groups in total. The molecule has 2 nitrogen and oxygen atoms in total. The van der Waals surface area contributed by atoms with Crippen molar-refractivity contribution >= 4 is 17.2 Å². The molecule has 1 atom stereocenters. The average molecular weight is 271 g/mol. The van der Waals surface area contributed by atoms with E-state index in [0.29, 0.717) is 23.8 Å². The normalized spacial score (nSPS) is 21.8. The summed E-state index contributed by atoms with van der Waals surface area (Å²) in [6, 6.07) is 7.08. The van der Waals surface area contributed by atoms with Crippen molar-refractivity contribution in [2.24, 2.45) is 11.7 Å². The lowest BCUT2D eigenvalue weighted by atomic mass is 10.1. The van der Waals surface area contributed by atoms with Crippen molar-refractivity contribution in [3.8, 4) is 5.75 Å². The summed E-state index contributed by atoms with van der Waals surface area (Å²) < 4.78 is 31.5. The maximum atomic E-state index is 13.0. The molecule has 0 radical (unpaired) electrons. The largest absolute Gasteiger partial charge is 0.493 e. The number of ether oxygens (including phenoxy) is 1. The zero-order valence-corrected chi connectivity index (χ0v) is 10.7. The molecule has 98 valence electrons. The minimum atomic E-state index is -2.52. The molecular weight excluding hydrogens is 256 g/mol. The molecule has 1 fully saturated rings. The maximum Gasteiger partial charge on any atom is 0.248 e. The first-order valence-electron chi connectivity index (χ1n) is 5.87. The molecule has 18 heavy (non-hydrogen) atoms. The van der Waals surface area contributed by atoms with E-state index in [4.69, 9.17) is 22.7 Å². The summed E-state index contributed by atoms with van der Waals surface area (Å²) in [6.07, 6.45) is 0.401. The number of hydrogen-bond acceptors (Lipinski definition) is 2. The van der Waals surface area contributed by atoms with Gasteiger partial charge in [0.2, 0.25) is 5.92 Å². The minimum Gasteiger partial charge on any atom is -0.493 e. The van der Waals surface area contributed by atoms with E-state index in [1.165, 1.54) is 0 Å². The molecular formula is C13H15F2NOS. The summed E-state index contributed by atoms with van der Waals surface area (Å²) >= 11 is 4.87. The van der Waals surface area contributed by atoms with Crippen LogP contribution in [0, 0.1) is 5.92 Å². The molecule has 0 aromatic heterocycles. The Kier molecular flexibility index (Phi) is 3.80. The van der Waals surface area contributed by atoms with E-state index in [-0.39, 0.29) is 18.8 Å². The number of rotatable bonds is 4. The van der Waals surface area contributed by atoms with Gasteiger partial charge >= 0.3 is 0 Å². The second kappa shape index (κ2) is 5.18. The predicted molar refractivity (Wildman–Crippen MR) is 70.1 cm³/mol. The number of benzene rings is 1. The van der Waals surface area contributed by atoms with Crippen LogP contribution in [0.5, 0.6) is 5.75 Å². The molecule has 2 rings (SSSR count). The van der Waals surface area contributed by atoms with Gasteiger partial charge in [0.05, 0.1) is 6.61 Å². The summed E-state index contributed by atoms with van der Waals surface area (Å²) in [5.41, 5.74) is 6.23. The van der Waals surface area contributed by atoms with Crippen molar-refractivity contribution in [2.75, 3.05) is 6.61 Å². The maximum absolute atomic E-state index is 13.0. The molecule has 1 aromatic carbocycles. The van der Waals surface area contributed by atoms with Gasteiger partial charge < -0.3 is 10.5 Å². The molecule has 5 heteroatoms. The zero-order valence-electron chi connectivity index (χ0n) is 9.86. The van der Waals surface area contributed by atoms with Crippen LogP contribution in [-0.4, -0.2) is 17.5 Å². The third-order valence-electron chi connectivity index (χ3n) is 3.11. The zero-order chi connectivity index (χ0) is 13.2. The molecule has 0 aliphatic heterocycles. The standard InChI is InChI=1S/C13H15F2NOS/c14-13(15)5-4-9(7-13)8-17-11-3-1-2-10(6-11)12(16)18/h1-3,6,9H,4-5,7-8H2,(H2,16,18). The lowest BCUT2D eigenvalue weighted by Crippen LogP contribution is -2.14. The highest BCUT2D eigenvalue weighted by molar-refractivity contribution is 7.80. The minimum absolute atomic E-state index is 0.0338. The highest BCUT2D eigenvalue weighted by Crippen LogP contribution is 2.38. The summed E-state index contributed by atoms with van der Waals surface area (Å²) in [7, 11) is 0. The molecule has 0 spiro atoms. The van der Waals surface area contributed by atoms with Crippen molar-refractivity contribution in [1.82, 2.24) is 0 Å². The first-order chi connectivity index (χ1) is 8.46. The van der Waals surface area contributed by atoms with Crippen molar-refractivity contribution in [3.63, 3.8) is 0 Å². The number of thiocarbonyl (C=S) groups is 1. The second-order valence-electron chi connectivity index (χ2n) is 4.67. The Balaban J connectivity index is 1.91. The van der Waals surface area contributed by atoms with E-state index in [1.54, 1.807) is 24.3 Å². The van der Waals surface area contributed by atoms with E-state index in [1.807, 2.05) is 0 Å². The smallest absolute Gasteiger partial charge is 0.248 e. The third-order valence-corrected chi connectivity index (χ3v) is 3.35. The van der Waals surface area contributed by atoms with Gasteiger partial charge in [-0.15, -0.1) is 0 Å². The van der Waals surface area contributed by atoms with E-state index in [2.05, 4.69) is 0 Å². The lowest BCUT2D eigenvalue weighted by Gasteiger charge is -2.12. The van der Waals surface area contributed by atoms with Crippen LogP contribution in [0.4, 0.5) is 8.78 Å². The Bertz CT molecular complexity index is 450. The number of nitrogens with two attached hydrogens (primary N) is 1. The Morgan fingerprint density at radius 2 is 2.28 bits per heavy atom. The fraction of sp³-hybridized carbons (Fsp3) is 0.462. The molecule has 1 aromatic rings. The van der Waals surface area contributed by atoms with Crippen LogP contribution in [0.1, 0.15) is 24.8 Å². The van der Waals surface area contributed by atoms with Crippen LogP contribution in [-0.2, 0) is 0 Å². The van der Waals surface area contributed by atoms with Crippen molar-refractivity contribution in [3.05, 3.63) is 29.8 Å². The first kappa shape index (κ1) is 13.2. The second-order valence-corrected chi connectivity index (χ2v) is 5.11. The molecule has 0 heterocycles. The van der Waals surface area contributed by atoms with Crippen LogP contribution in [0.15, 0.2) is 24.3 Å². The van der Waals surface area contributed by atoms with E-state index >= 15 is 0 Å². The number of halogens is 2. The van der Waals surface area contributed by atoms with Gasteiger partial charge in [0.15, 0.2) is 0 Å². The van der Waals surface area contributed by atoms with Crippen LogP contribution >= 0.6 is 12.2 Å². The quantitative estimate of drug-likeness (QED) is 0.854. The lowest BCUT2D eigenvalue weighted by molar-refractivity contribution is 0.00292. The Labute approximate surface area is 110 Å². The van der Waals surface area contributed by atoms with Gasteiger partial charge in [-0.2, -0.15) is 0 Å². The van der Waals surface area contributed by atoms with E-state index in [0.717, 1.165) is 5.56 Å². The highest BCUT2D eigenvalue weighted by atomic mass is 32.1. The molecule has 0 amide bonds. The number of alkyl halides is 2. The van der Waals surface area contributed by atoms with Crippen LogP contribution in [0.2, 0.25) is 0 Å². The van der Waals surface area contributed by atoms with Crippen molar-refractivity contribution < 1.29 is 13.5 Å². The average Bonchev–Trinajstić information content (AvgIpc) is 2.67. The molecule has 1 unspecified atom stereocenters. The van der Waals surface area contributed by atoms with Crippen LogP contribution < -0.4 is 10.5 Å². The predicted octanol–water partition coefficient (Wildman–Crippen LogP) is 3.14. The summed E-state index contributed by atoms with van der Waals surface area (Å²) in [5, 5.41) is 0. The summed E-state index contributed by atoms with van der Waals surface area (Å²) in [4.78, 5) is 0.299. The topological polar surface area (TPSA) is 35.2 Å². The fourth-order valence-corrected chi connectivity index (χ4v) is 2.26. The Hall–Kier alpha value is -1.23. The van der Waals surface area contributed by atoms with Gasteiger partial charge in [-0.1, -0.05) is 24.4 Å². The summed E-state index contributed by atoms with van der Waals surface area (Å²) in [6.45, 7) is 0.316. The van der Waals surface area contributed by atoms with E-state index in [9.17, 15) is 8.78 Å². The highest BCUT2D eigenvalue weighted by Gasteiger charge is 2.39. The van der Waals surface area contributed by atoms with Crippen LogP contribution in [0.3, 0.4) is 0 Å². The molecule has 1 saturated carbocycles. The monoisotopic (exact) mass is 271 g/mol. The summed E-state index contributed by atoms with van der Waals surface area (Å²) in [5.74, 6) is -1.97.